The van der Waals surface area contributed by atoms with Crippen LogP contribution in [0.3, 0.4) is 0 Å². The van der Waals surface area contributed by atoms with Crippen molar-refractivity contribution < 1.29 is 9.59 Å². The zero-order chi connectivity index (χ0) is 18.8. The molecule has 134 valence electrons. The molecule has 0 saturated carbocycles. The molecule has 8 heteroatoms. The van der Waals surface area contributed by atoms with Crippen LogP contribution in [0.4, 0.5) is 11.5 Å². The number of hydrogen-bond acceptors (Lipinski definition) is 6. The fourth-order valence-corrected chi connectivity index (χ4v) is 3.01. The van der Waals surface area contributed by atoms with Crippen molar-refractivity contribution in [3.05, 3.63) is 78.0 Å². The summed E-state index contributed by atoms with van der Waals surface area (Å²) in [7, 11) is 1.84. The Balaban J connectivity index is 1.68. The second kappa shape index (κ2) is 6.83. The van der Waals surface area contributed by atoms with Gasteiger partial charge in [0.2, 0.25) is 0 Å². The molecule has 2 N–H and O–H groups in total. The Labute approximate surface area is 155 Å². The third kappa shape index (κ3) is 3.08. The van der Waals surface area contributed by atoms with E-state index in [0.29, 0.717) is 17.1 Å². The lowest BCUT2D eigenvalue weighted by molar-refractivity contribution is 0.0927. The highest BCUT2D eigenvalue weighted by molar-refractivity contribution is 6.04. The molecule has 27 heavy (non-hydrogen) atoms. The first-order chi connectivity index (χ1) is 13.1. The van der Waals surface area contributed by atoms with E-state index in [4.69, 9.17) is 0 Å². The van der Waals surface area contributed by atoms with Crippen molar-refractivity contribution in [2.24, 2.45) is 0 Å². The summed E-state index contributed by atoms with van der Waals surface area (Å²) in [6.45, 7) is 0. The standard InChI is InChI=1S/C19H16N6O2/c1-25-16-13(6-4-8-22-16)18(26)24-17(25)12-5-2-3-7-14(12)23-19(27)15-11-20-9-10-21-15/h2-11,17H,1H3,(H,23,27)(H,24,26). The summed E-state index contributed by atoms with van der Waals surface area (Å²) in [5, 5.41) is 5.80. The van der Waals surface area contributed by atoms with Crippen LogP contribution in [0.25, 0.3) is 0 Å². The Kier molecular flexibility index (Phi) is 4.21. The van der Waals surface area contributed by atoms with Crippen molar-refractivity contribution in [1.29, 1.82) is 0 Å². The van der Waals surface area contributed by atoms with Crippen LogP contribution < -0.4 is 15.5 Å². The van der Waals surface area contributed by atoms with Gasteiger partial charge in [-0.2, -0.15) is 0 Å². The molecule has 0 spiro atoms. The summed E-state index contributed by atoms with van der Waals surface area (Å²) in [5.74, 6) is -0.00331. The van der Waals surface area contributed by atoms with Crippen LogP contribution in [0.1, 0.15) is 32.6 Å². The Morgan fingerprint density at radius 3 is 2.78 bits per heavy atom. The average molecular weight is 360 g/mol. The quantitative estimate of drug-likeness (QED) is 0.741. The largest absolute Gasteiger partial charge is 0.335 e. The number of rotatable bonds is 3. The van der Waals surface area contributed by atoms with Crippen molar-refractivity contribution in [2.75, 3.05) is 17.3 Å². The molecule has 1 unspecified atom stereocenters. The van der Waals surface area contributed by atoms with Gasteiger partial charge in [0.1, 0.15) is 17.7 Å². The van der Waals surface area contributed by atoms with Gasteiger partial charge in [0, 0.05) is 36.9 Å². The van der Waals surface area contributed by atoms with Gasteiger partial charge >= 0.3 is 0 Å². The van der Waals surface area contributed by atoms with Crippen LogP contribution in [0.5, 0.6) is 0 Å². The fourth-order valence-electron chi connectivity index (χ4n) is 3.01. The molecule has 1 atom stereocenters. The van der Waals surface area contributed by atoms with Crippen LogP contribution in [0.2, 0.25) is 0 Å². The van der Waals surface area contributed by atoms with Gasteiger partial charge in [-0.3, -0.25) is 14.6 Å². The molecule has 2 aromatic heterocycles. The third-order valence-corrected chi connectivity index (χ3v) is 4.32. The number of nitrogens with one attached hydrogen (secondary N) is 2. The van der Waals surface area contributed by atoms with Gasteiger partial charge in [-0.25, -0.2) is 9.97 Å². The smallest absolute Gasteiger partial charge is 0.275 e. The number of pyridine rings is 1. The van der Waals surface area contributed by atoms with Crippen molar-refractivity contribution >= 4 is 23.3 Å². The second-order valence-electron chi connectivity index (χ2n) is 5.99. The number of carbonyl (C=O) groups is 2. The normalized spacial score (nSPS) is 15.7. The number of nitrogens with zero attached hydrogens (tertiary/aromatic N) is 4. The average Bonchev–Trinajstić information content (AvgIpc) is 2.72. The van der Waals surface area contributed by atoms with E-state index in [1.165, 1.54) is 18.6 Å². The number of benzene rings is 1. The SMILES string of the molecule is CN1c2ncccc2C(=O)NC1c1ccccc1NC(=O)c1cnccn1. The van der Waals surface area contributed by atoms with Crippen LogP contribution in [0, 0.1) is 0 Å². The summed E-state index contributed by atoms with van der Waals surface area (Å²) in [5.41, 5.74) is 2.03. The van der Waals surface area contributed by atoms with E-state index >= 15 is 0 Å². The molecule has 2 amide bonds. The van der Waals surface area contributed by atoms with Gasteiger partial charge in [0.15, 0.2) is 0 Å². The summed E-state index contributed by atoms with van der Waals surface area (Å²) >= 11 is 0. The lowest BCUT2D eigenvalue weighted by atomic mass is 10.0. The van der Waals surface area contributed by atoms with E-state index < -0.39 is 6.17 Å². The van der Waals surface area contributed by atoms with Gasteiger partial charge in [-0.1, -0.05) is 18.2 Å². The molecule has 4 rings (SSSR count). The summed E-state index contributed by atoms with van der Waals surface area (Å²) < 4.78 is 0. The van der Waals surface area contributed by atoms with Gasteiger partial charge in [-0.05, 0) is 18.2 Å². The zero-order valence-corrected chi connectivity index (χ0v) is 14.5. The van der Waals surface area contributed by atoms with Gasteiger partial charge in [0.25, 0.3) is 11.8 Å². The highest BCUT2D eigenvalue weighted by atomic mass is 16.2. The molecule has 1 aliphatic rings. The van der Waals surface area contributed by atoms with Crippen molar-refractivity contribution in [1.82, 2.24) is 20.3 Å². The van der Waals surface area contributed by atoms with Crippen LogP contribution >= 0.6 is 0 Å². The predicted octanol–water partition coefficient (Wildman–Crippen LogP) is 2.00. The fraction of sp³-hybridized carbons (Fsp3) is 0.105. The molecule has 3 heterocycles. The monoisotopic (exact) mass is 360 g/mol. The van der Waals surface area contributed by atoms with Crippen molar-refractivity contribution in [2.45, 2.75) is 6.17 Å². The maximum absolute atomic E-state index is 12.5. The first-order valence-electron chi connectivity index (χ1n) is 8.30. The second-order valence-corrected chi connectivity index (χ2v) is 5.99. The number of carbonyl (C=O) groups excluding carboxylic acids is 2. The molecule has 0 saturated heterocycles. The first-order valence-corrected chi connectivity index (χ1v) is 8.30. The molecule has 0 fully saturated rings. The Morgan fingerprint density at radius 1 is 1.11 bits per heavy atom. The molecule has 3 aromatic rings. The zero-order valence-electron chi connectivity index (χ0n) is 14.5. The minimum atomic E-state index is -0.474. The maximum Gasteiger partial charge on any atom is 0.275 e. The van der Waals surface area contributed by atoms with Crippen LogP contribution in [0.15, 0.2) is 61.2 Å². The maximum atomic E-state index is 12.5. The molecule has 0 aliphatic carbocycles. The third-order valence-electron chi connectivity index (χ3n) is 4.32. The Morgan fingerprint density at radius 2 is 1.96 bits per heavy atom. The Bertz CT molecular complexity index is 1010. The lowest BCUT2D eigenvalue weighted by Crippen LogP contribution is -2.45. The predicted molar refractivity (Wildman–Crippen MR) is 99.3 cm³/mol. The van der Waals surface area contributed by atoms with Gasteiger partial charge in [0.05, 0.1) is 11.8 Å². The summed E-state index contributed by atoms with van der Waals surface area (Å²) in [6, 6.07) is 10.7. The molecule has 1 aromatic carbocycles. The first kappa shape index (κ1) is 16.6. The van der Waals surface area contributed by atoms with Crippen molar-refractivity contribution in [3.8, 4) is 0 Å². The van der Waals surface area contributed by atoms with E-state index in [1.807, 2.05) is 30.1 Å². The summed E-state index contributed by atoms with van der Waals surface area (Å²) in [4.78, 5) is 39.1. The molecule has 0 radical (unpaired) electrons. The van der Waals surface area contributed by atoms with Crippen LogP contribution in [-0.2, 0) is 0 Å². The lowest BCUT2D eigenvalue weighted by Gasteiger charge is -2.36. The van der Waals surface area contributed by atoms with E-state index in [0.717, 1.165) is 5.56 Å². The minimum Gasteiger partial charge on any atom is -0.335 e. The van der Waals surface area contributed by atoms with E-state index in [9.17, 15) is 9.59 Å². The van der Waals surface area contributed by atoms with Crippen LogP contribution in [-0.4, -0.2) is 33.8 Å². The number of aromatic nitrogens is 3. The van der Waals surface area contributed by atoms with E-state index in [-0.39, 0.29) is 17.5 Å². The van der Waals surface area contributed by atoms with Gasteiger partial charge in [-0.15, -0.1) is 0 Å². The number of amides is 2. The number of para-hydroxylation sites is 1. The van der Waals surface area contributed by atoms with Gasteiger partial charge < -0.3 is 15.5 Å². The molecular formula is C19H16N6O2. The summed E-state index contributed by atoms with van der Waals surface area (Å²) in [6.07, 6.45) is 5.53. The van der Waals surface area contributed by atoms with E-state index in [2.05, 4.69) is 25.6 Å². The number of hydrogen-bond donors (Lipinski definition) is 2. The number of fused-ring (bicyclic) bond motifs is 1. The van der Waals surface area contributed by atoms with E-state index in [1.54, 1.807) is 24.4 Å². The molecule has 1 aliphatic heterocycles. The highest BCUT2D eigenvalue weighted by Crippen LogP contribution is 2.33. The topological polar surface area (TPSA) is 100 Å². The Hall–Kier alpha value is -3.81. The molecule has 8 nitrogen and oxygen atoms in total. The number of anilines is 2. The molecule has 0 bridgehead atoms. The highest BCUT2D eigenvalue weighted by Gasteiger charge is 2.31. The van der Waals surface area contributed by atoms with Crippen molar-refractivity contribution in [3.63, 3.8) is 0 Å². The molecular weight excluding hydrogens is 344 g/mol. The minimum absolute atomic E-state index is 0.209.